The van der Waals surface area contributed by atoms with Crippen LogP contribution in [0, 0.1) is 0 Å². The van der Waals surface area contributed by atoms with E-state index >= 15 is 0 Å². The van der Waals surface area contributed by atoms with Gasteiger partial charge in [-0.05, 0) is 30.3 Å². The molecule has 0 fully saturated rings. The molecule has 0 saturated heterocycles. The van der Waals surface area contributed by atoms with Crippen molar-refractivity contribution in [2.45, 2.75) is 6.54 Å². The molecule has 1 aromatic heterocycles. The van der Waals surface area contributed by atoms with Crippen LogP contribution in [0.2, 0.25) is 5.02 Å². The maximum absolute atomic E-state index is 10.8. The molecule has 0 aliphatic carbocycles. The van der Waals surface area contributed by atoms with Crippen LogP contribution in [0.15, 0.2) is 81.3 Å². The van der Waals surface area contributed by atoms with E-state index in [-0.39, 0.29) is 6.54 Å². The molecule has 1 N–H and O–H groups in total. The zero-order valence-electron chi connectivity index (χ0n) is 13.8. The zero-order valence-corrected chi connectivity index (χ0v) is 14.6. The fraction of sp³-hybridized carbons (Fsp3) is 0.100. The summed E-state index contributed by atoms with van der Waals surface area (Å²) in [6.45, 7) is 0.528. The molecule has 1 aliphatic rings. The van der Waals surface area contributed by atoms with Crippen LogP contribution >= 0.6 is 11.6 Å². The maximum Gasteiger partial charge on any atom is 0.146 e. The van der Waals surface area contributed by atoms with Gasteiger partial charge >= 0.3 is 0 Å². The highest BCUT2D eigenvalue weighted by atomic mass is 35.5. The number of rotatable bonds is 3. The van der Waals surface area contributed by atoms with Crippen LogP contribution in [0.5, 0.6) is 0 Å². The van der Waals surface area contributed by atoms with Gasteiger partial charge in [-0.2, -0.15) is 0 Å². The minimum atomic E-state index is 0.164. The van der Waals surface area contributed by atoms with Crippen molar-refractivity contribution in [1.82, 2.24) is 5.06 Å². The summed E-state index contributed by atoms with van der Waals surface area (Å²) in [6.07, 6.45) is 1.61. The second-order valence-electron chi connectivity index (χ2n) is 5.86. The second kappa shape index (κ2) is 7.15. The summed E-state index contributed by atoms with van der Waals surface area (Å²) >= 11 is 6.20. The third-order valence-electron chi connectivity index (χ3n) is 4.06. The van der Waals surface area contributed by atoms with Gasteiger partial charge in [0.15, 0.2) is 0 Å². The molecule has 2 heterocycles. The Morgan fingerprint density at radius 1 is 1.12 bits per heavy atom. The number of halogens is 1. The lowest BCUT2D eigenvalue weighted by molar-refractivity contribution is -0.0120. The van der Waals surface area contributed by atoms with Crippen molar-refractivity contribution in [3.63, 3.8) is 0 Å². The van der Waals surface area contributed by atoms with Crippen LogP contribution in [0.3, 0.4) is 0 Å². The fourth-order valence-corrected chi connectivity index (χ4v) is 3.05. The summed E-state index contributed by atoms with van der Waals surface area (Å²) in [5.41, 5.74) is 1.52. The van der Waals surface area contributed by atoms with Crippen molar-refractivity contribution < 1.29 is 9.62 Å². The van der Waals surface area contributed by atoms with Crippen molar-refractivity contribution in [3.05, 3.63) is 93.8 Å². The Balaban J connectivity index is 1.87. The highest BCUT2D eigenvalue weighted by molar-refractivity contribution is 6.30. The molecule has 0 amide bonds. The van der Waals surface area contributed by atoms with Crippen molar-refractivity contribution in [2.75, 3.05) is 6.54 Å². The van der Waals surface area contributed by atoms with Gasteiger partial charge in [0.05, 0.1) is 23.9 Å². The van der Waals surface area contributed by atoms with Gasteiger partial charge < -0.3 is 4.42 Å². The first kappa shape index (κ1) is 16.6. The summed E-state index contributed by atoms with van der Waals surface area (Å²) in [6, 6.07) is 18.8. The van der Waals surface area contributed by atoms with E-state index in [1.54, 1.807) is 18.4 Å². The first-order valence-corrected chi connectivity index (χ1v) is 8.54. The van der Waals surface area contributed by atoms with E-state index < -0.39 is 0 Å². The summed E-state index contributed by atoms with van der Waals surface area (Å²) in [4.78, 5) is 9.13. The van der Waals surface area contributed by atoms with E-state index in [1.165, 1.54) is 5.06 Å². The van der Waals surface area contributed by atoms with Gasteiger partial charge in [-0.1, -0.05) is 41.9 Å². The molecule has 6 heteroatoms. The predicted octanol–water partition coefficient (Wildman–Crippen LogP) is 3.01. The minimum absolute atomic E-state index is 0.164. The van der Waals surface area contributed by atoms with Crippen molar-refractivity contribution in [2.24, 2.45) is 9.98 Å². The van der Waals surface area contributed by atoms with Gasteiger partial charge in [0.2, 0.25) is 0 Å². The average molecular weight is 366 g/mol. The Morgan fingerprint density at radius 3 is 2.73 bits per heavy atom. The Kier molecular flexibility index (Phi) is 4.56. The molecule has 0 spiro atoms. The number of hydrogen-bond acceptors (Lipinski definition) is 4. The fourth-order valence-electron chi connectivity index (χ4n) is 2.88. The molecule has 0 radical (unpaired) electrons. The molecule has 3 aromatic rings. The third-order valence-corrected chi connectivity index (χ3v) is 4.29. The molecule has 0 unspecified atom stereocenters. The standard InChI is InChI=1S/C20H16ClN3O2/c21-15-8-9-18-17(11-15)20(14-5-2-1-3-6-14)24(25)13-19(23-18)22-12-16-7-4-10-26-16/h1-11,25H,12-13H2. The summed E-state index contributed by atoms with van der Waals surface area (Å²) < 4.78 is 5.31. The zero-order chi connectivity index (χ0) is 17.9. The number of fused-ring (bicyclic) bond motifs is 1. The molecule has 4 rings (SSSR count). The lowest BCUT2D eigenvalue weighted by atomic mass is 10.1. The number of benzene rings is 2. The number of hydrogen-bond donors (Lipinski definition) is 1. The topological polar surface area (TPSA) is 61.3 Å². The maximum atomic E-state index is 10.8. The van der Waals surface area contributed by atoms with Gasteiger partial charge in [-0.25, -0.2) is 10.1 Å². The Labute approximate surface area is 155 Å². The Hall–Kier alpha value is -2.89. The van der Waals surface area contributed by atoms with Crippen LogP contribution in [-0.2, 0) is 6.54 Å². The first-order valence-electron chi connectivity index (χ1n) is 8.17. The van der Waals surface area contributed by atoms with E-state index in [9.17, 15) is 5.21 Å². The lowest BCUT2D eigenvalue weighted by Gasteiger charge is -2.19. The molecule has 0 saturated carbocycles. The molecule has 130 valence electrons. The molecule has 5 nitrogen and oxygen atoms in total. The summed E-state index contributed by atoms with van der Waals surface area (Å²) in [5.74, 6) is 1.25. The van der Waals surface area contributed by atoms with Crippen LogP contribution in [0.25, 0.3) is 5.70 Å². The van der Waals surface area contributed by atoms with Gasteiger partial charge in [0.1, 0.15) is 18.1 Å². The molecule has 1 aliphatic heterocycles. The smallest absolute Gasteiger partial charge is 0.146 e. The van der Waals surface area contributed by atoms with E-state index in [1.807, 2.05) is 48.5 Å². The van der Waals surface area contributed by atoms with E-state index in [0.29, 0.717) is 28.5 Å². The Morgan fingerprint density at radius 2 is 1.96 bits per heavy atom. The monoisotopic (exact) mass is 365 g/mol. The summed E-state index contributed by atoms with van der Waals surface area (Å²) in [5, 5.41) is 14.0. The third kappa shape index (κ3) is 3.40. The van der Waals surface area contributed by atoms with Gasteiger partial charge in [0, 0.05) is 15.8 Å². The number of amidine groups is 1. The predicted molar refractivity (Wildman–Crippen MR) is 99.5 cm³/mol. The van der Waals surface area contributed by atoms with E-state index in [0.717, 1.165) is 16.5 Å². The summed E-state index contributed by atoms with van der Waals surface area (Å²) in [7, 11) is 0. The van der Waals surface area contributed by atoms with Crippen LogP contribution in [0.4, 0.5) is 0 Å². The van der Waals surface area contributed by atoms with Gasteiger partial charge in [0.25, 0.3) is 0 Å². The van der Waals surface area contributed by atoms with Gasteiger partial charge in [-0.15, -0.1) is 0 Å². The van der Waals surface area contributed by atoms with Crippen molar-refractivity contribution in [1.29, 1.82) is 0 Å². The molecule has 0 bridgehead atoms. The molecular weight excluding hydrogens is 350 g/mol. The quantitative estimate of drug-likeness (QED) is 0.776. The lowest BCUT2D eigenvalue weighted by Crippen LogP contribution is -2.31. The number of aliphatic imine (C=N–C) groups is 1. The molecule has 2 aromatic carbocycles. The van der Waals surface area contributed by atoms with Crippen LogP contribution in [0.1, 0.15) is 11.3 Å². The van der Waals surface area contributed by atoms with E-state index in [4.69, 9.17) is 16.0 Å². The highest BCUT2D eigenvalue weighted by Crippen LogP contribution is 2.16. The average Bonchev–Trinajstić information content (AvgIpc) is 3.12. The van der Waals surface area contributed by atoms with Gasteiger partial charge in [-0.3, -0.25) is 10.2 Å². The minimum Gasteiger partial charge on any atom is -0.467 e. The first-order chi connectivity index (χ1) is 12.7. The highest BCUT2D eigenvalue weighted by Gasteiger charge is 2.17. The SMILES string of the molecule is ON1CC(=NCc2ccco2)N=c2ccc(Cl)cc2=C1c1ccccc1. The number of furan rings is 1. The van der Waals surface area contributed by atoms with Crippen LogP contribution < -0.4 is 10.6 Å². The van der Waals surface area contributed by atoms with Crippen molar-refractivity contribution >= 4 is 23.1 Å². The van der Waals surface area contributed by atoms with E-state index in [2.05, 4.69) is 9.98 Å². The largest absolute Gasteiger partial charge is 0.467 e. The Bertz CT molecular complexity index is 1060. The number of hydroxylamine groups is 2. The second-order valence-corrected chi connectivity index (χ2v) is 6.29. The number of nitrogens with zero attached hydrogens (tertiary/aromatic N) is 3. The molecular formula is C20H16ClN3O2. The normalized spacial score (nSPS) is 15.5. The molecule has 0 atom stereocenters. The van der Waals surface area contributed by atoms with Crippen molar-refractivity contribution in [3.8, 4) is 0 Å². The van der Waals surface area contributed by atoms with Crippen LogP contribution in [-0.4, -0.2) is 22.7 Å². The molecule has 26 heavy (non-hydrogen) atoms.